The van der Waals surface area contributed by atoms with E-state index in [-0.39, 0.29) is 10.2 Å². The third-order valence-electron chi connectivity index (χ3n) is 3.58. The third-order valence-corrected chi connectivity index (χ3v) is 4.52. The predicted molar refractivity (Wildman–Crippen MR) is 47.2 cm³/mol. The molecule has 3 aliphatic rings. The molecule has 0 heterocycles. The number of rotatable bonds is 1. The molecule has 0 aromatic rings. The first-order valence-electron chi connectivity index (χ1n) is 4.45. The summed E-state index contributed by atoms with van der Waals surface area (Å²) in [5.74, 6) is 0. The zero-order valence-corrected chi connectivity index (χ0v) is 7.79. The summed E-state index contributed by atoms with van der Waals surface area (Å²) in [5.41, 5.74) is -0.0719. The standard InChI is InChI=1S/C9H12FNS/c10-12-9-4-1-8(7-11,2-5-9)3-6-9/h1-6H2. The summed E-state index contributed by atoms with van der Waals surface area (Å²) < 4.78 is 12.5. The monoisotopic (exact) mass is 185 g/mol. The van der Waals surface area contributed by atoms with Crippen LogP contribution >= 0.6 is 12.1 Å². The first kappa shape index (κ1) is 8.37. The molecule has 0 amide bonds. The third kappa shape index (κ3) is 1.05. The summed E-state index contributed by atoms with van der Waals surface area (Å²) in [6, 6.07) is 2.41. The van der Waals surface area contributed by atoms with Crippen LogP contribution in [0.4, 0.5) is 3.89 Å². The molecule has 0 N–H and O–H groups in total. The lowest BCUT2D eigenvalue weighted by Gasteiger charge is -2.47. The Bertz CT molecular complexity index is 209. The number of hydrogen-bond acceptors (Lipinski definition) is 2. The molecule has 1 nitrogen and oxygen atoms in total. The highest BCUT2D eigenvalue weighted by Gasteiger charge is 2.49. The Morgan fingerprint density at radius 1 is 1.08 bits per heavy atom. The van der Waals surface area contributed by atoms with E-state index >= 15 is 0 Å². The van der Waals surface area contributed by atoms with Gasteiger partial charge in [-0.3, -0.25) is 0 Å². The Morgan fingerprint density at radius 2 is 1.58 bits per heavy atom. The van der Waals surface area contributed by atoms with E-state index in [1.54, 1.807) is 0 Å². The van der Waals surface area contributed by atoms with Crippen LogP contribution in [-0.2, 0) is 0 Å². The highest BCUT2D eigenvalue weighted by molar-refractivity contribution is 7.95. The molecule has 3 heteroatoms. The molecule has 0 aromatic heterocycles. The van der Waals surface area contributed by atoms with Gasteiger partial charge in [-0.2, -0.15) is 9.15 Å². The van der Waals surface area contributed by atoms with Crippen molar-refractivity contribution in [2.75, 3.05) is 0 Å². The number of nitriles is 1. The Kier molecular flexibility index (Phi) is 1.84. The fourth-order valence-electron chi connectivity index (χ4n) is 2.43. The Morgan fingerprint density at radius 3 is 1.92 bits per heavy atom. The molecule has 0 atom stereocenters. The molecule has 0 unspecified atom stereocenters. The molecule has 0 aromatic carbocycles. The molecule has 0 radical (unpaired) electrons. The van der Waals surface area contributed by atoms with Gasteiger partial charge in [0.1, 0.15) is 0 Å². The molecule has 66 valence electrons. The van der Waals surface area contributed by atoms with Crippen molar-refractivity contribution in [1.82, 2.24) is 0 Å². The van der Waals surface area contributed by atoms with Gasteiger partial charge in [0.15, 0.2) is 0 Å². The number of halogens is 1. The Balaban J connectivity index is 2.15. The topological polar surface area (TPSA) is 23.8 Å². The van der Waals surface area contributed by atoms with Crippen molar-refractivity contribution in [3.63, 3.8) is 0 Å². The molecule has 0 aliphatic heterocycles. The van der Waals surface area contributed by atoms with Crippen molar-refractivity contribution in [1.29, 1.82) is 5.26 Å². The van der Waals surface area contributed by atoms with Crippen LogP contribution in [0, 0.1) is 16.7 Å². The summed E-state index contributed by atoms with van der Waals surface area (Å²) in [4.78, 5) is 0. The van der Waals surface area contributed by atoms with Crippen LogP contribution in [0.3, 0.4) is 0 Å². The Labute approximate surface area is 76.6 Å². The van der Waals surface area contributed by atoms with Gasteiger partial charge in [0.05, 0.1) is 23.6 Å². The average molecular weight is 185 g/mol. The van der Waals surface area contributed by atoms with Crippen molar-refractivity contribution in [2.45, 2.75) is 43.3 Å². The van der Waals surface area contributed by atoms with E-state index in [4.69, 9.17) is 5.26 Å². The summed E-state index contributed by atoms with van der Waals surface area (Å²) in [6.45, 7) is 0. The number of hydrogen-bond donors (Lipinski definition) is 0. The molecule has 0 spiro atoms. The van der Waals surface area contributed by atoms with E-state index in [0.717, 1.165) is 38.5 Å². The molecular formula is C9H12FNS. The van der Waals surface area contributed by atoms with E-state index in [9.17, 15) is 3.89 Å². The van der Waals surface area contributed by atoms with Gasteiger partial charge in [-0.15, -0.1) is 0 Å². The smallest absolute Gasteiger partial charge is 0.0689 e. The lowest BCUT2D eigenvalue weighted by atomic mass is 9.61. The van der Waals surface area contributed by atoms with Gasteiger partial charge in [0.2, 0.25) is 0 Å². The second kappa shape index (κ2) is 2.63. The van der Waals surface area contributed by atoms with Gasteiger partial charge in [-0.25, -0.2) is 0 Å². The summed E-state index contributed by atoms with van der Waals surface area (Å²) in [6.07, 6.45) is 5.46. The second-order valence-electron chi connectivity index (χ2n) is 4.15. The summed E-state index contributed by atoms with van der Waals surface area (Å²) in [5, 5.41) is 8.97. The first-order valence-corrected chi connectivity index (χ1v) is 5.17. The zero-order chi connectivity index (χ0) is 8.66. The van der Waals surface area contributed by atoms with E-state index in [1.807, 2.05) is 0 Å². The van der Waals surface area contributed by atoms with Crippen molar-refractivity contribution in [3.05, 3.63) is 0 Å². The lowest BCUT2D eigenvalue weighted by Crippen LogP contribution is -2.42. The van der Waals surface area contributed by atoms with E-state index in [2.05, 4.69) is 6.07 Å². The highest BCUT2D eigenvalue weighted by Crippen LogP contribution is 2.57. The minimum Gasteiger partial charge on any atom is -0.198 e. The van der Waals surface area contributed by atoms with E-state index < -0.39 is 0 Å². The molecule has 12 heavy (non-hydrogen) atoms. The maximum atomic E-state index is 12.6. The van der Waals surface area contributed by atoms with Gasteiger partial charge >= 0.3 is 0 Å². The van der Waals surface area contributed by atoms with Gasteiger partial charge in [0.25, 0.3) is 0 Å². The van der Waals surface area contributed by atoms with Crippen LogP contribution in [-0.4, -0.2) is 4.75 Å². The normalized spacial score (nSPS) is 45.7. The molecule has 3 saturated carbocycles. The van der Waals surface area contributed by atoms with Crippen molar-refractivity contribution in [3.8, 4) is 6.07 Å². The first-order chi connectivity index (χ1) is 5.74. The van der Waals surface area contributed by atoms with Gasteiger partial charge in [-0.1, -0.05) is 0 Å². The second-order valence-corrected chi connectivity index (χ2v) is 5.17. The van der Waals surface area contributed by atoms with Crippen molar-refractivity contribution in [2.24, 2.45) is 5.41 Å². The molecule has 3 aliphatic carbocycles. The van der Waals surface area contributed by atoms with Crippen molar-refractivity contribution < 1.29 is 3.89 Å². The number of nitrogens with zero attached hydrogens (tertiary/aromatic N) is 1. The van der Waals surface area contributed by atoms with Crippen LogP contribution < -0.4 is 0 Å². The average Bonchev–Trinajstić information content (AvgIpc) is 2.21. The fourth-order valence-corrected chi connectivity index (χ4v) is 2.97. The SMILES string of the molecule is N#CC12CCC(SF)(CC1)CC2. The largest absolute Gasteiger partial charge is 0.198 e. The molecule has 3 rings (SSSR count). The fraction of sp³-hybridized carbons (Fsp3) is 0.889. The van der Waals surface area contributed by atoms with E-state index in [0.29, 0.717) is 12.1 Å². The van der Waals surface area contributed by atoms with Crippen LogP contribution in [0.5, 0.6) is 0 Å². The van der Waals surface area contributed by atoms with Gasteiger partial charge in [0, 0.05) is 4.75 Å². The van der Waals surface area contributed by atoms with Crippen LogP contribution in [0.25, 0.3) is 0 Å². The molecule has 2 bridgehead atoms. The molecule has 3 fully saturated rings. The predicted octanol–water partition coefficient (Wildman–Crippen LogP) is 3.22. The number of fused-ring (bicyclic) bond motifs is 3. The van der Waals surface area contributed by atoms with Crippen LogP contribution in [0.1, 0.15) is 38.5 Å². The quantitative estimate of drug-likeness (QED) is 0.626. The zero-order valence-electron chi connectivity index (χ0n) is 6.98. The van der Waals surface area contributed by atoms with Crippen LogP contribution in [0.2, 0.25) is 0 Å². The highest BCUT2D eigenvalue weighted by atomic mass is 32.2. The molecule has 0 saturated heterocycles. The Hall–Kier alpha value is -0.230. The minimum absolute atomic E-state index is 0.0719. The van der Waals surface area contributed by atoms with Crippen LogP contribution in [0.15, 0.2) is 0 Å². The van der Waals surface area contributed by atoms with Gasteiger partial charge < -0.3 is 0 Å². The lowest BCUT2D eigenvalue weighted by molar-refractivity contribution is 0.137. The van der Waals surface area contributed by atoms with E-state index in [1.165, 1.54) is 0 Å². The molecular weight excluding hydrogens is 173 g/mol. The summed E-state index contributed by atoms with van der Waals surface area (Å²) >= 11 is 0.531. The van der Waals surface area contributed by atoms with Crippen molar-refractivity contribution >= 4 is 12.1 Å². The van der Waals surface area contributed by atoms with Gasteiger partial charge in [-0.05, 0) is 38.5 Å². The minimum atomic E-state index is -0.0986. The maximum absolute atomic E-state index is 12.6. The summed E-state index contributed by atoms with van der Waals surface area (Å²) in [7, 11) is 0. The maximum Gasteiger partial charge on any atom is 0.0689 e.